The van der Waals surface area contributed by atoms with Crippen molar-refractivity contribution in [1.29, 1.82) is 0 Å². The number of aromatic nitrogens is 5. The fourth-order valence-corrected chi connectivity index (χ4v) is 4.65. The van der Waals surface area contributed by atoms with E-state index < -0.39 is 11.4 Å². The van der Waals surface area contributed by atoms with E-state index in [2.05, 4.69) is 20.4 Å². The third-order valence-corrected chi connectivity index (χ3v) is 6.61. The molecule has 1 aliphatic rings. The second-order valence-electron chi connectivity index (χ2n) is 9.35. The van der Waals surface area contributed by atoms with Crippen LogP contribution in [0.25, 0.3) is 27.6 Å². The number of ether oxygens (including phenoxy) is 2. The first-order valence-electron chi connectivity index (χ1n) is 12.2. The van der Waals surface area contributed by atoms with Crippen molar-refractivity contribution >= 4 is 33.6 Å². The number of benzene rings is 2. The summed E-state index contributed by atoms with van der Waals surface area (Å²) in [6.45, 7) is 0.929. The van der Waals surface area contributed by atoms with Crippen LogP contribution in [-0.2, 0) is 7.05 Å². The third kappa shape index (κ3) is 4.05. The minimum absolute atomic E-state index is 0.113. The lowest BCUT2D eigenvalue weighted by molar-refractivity contribution is 0.0874. The van der Waals surface area contributed by atoms with E-state index in [0.717, 1.165) is 11.4 Å². The molecule has 0 amide bonds. The number of fused-ring (bicyclic) bond motifs is 4. The summed E-state index contributed by atoms with van der Waals surface area (Å²) < 4.78 is 29.7. The molecule has 11 heteroatoms. The van der Waals surface area contributed by atoms with Gasteiger partial charge in [0, 0.05) is 52.1 Å². The Morgan fingerprint density at radius 3 is 2.79 bits per heavy atom. The van der Waals surface area contributed by atoms with Gasteiger partial charge in [-0.15, -0.1) is 0 Å². The van der Waals surface area contributed by atoms with Crippen molar-refractivity contribution in [3.8, 4) is 17.2 Å². The Morgan fingerprint density at radius 2 is 1.97 bits per heavy atom. The van der Waals surface area contributed by atoms with E-state index in [1.807, 2.05) is 37.2 Å². The first-order valence-corrected chi connectivity index (χ1v) is 12.2. The molecule has 0 spiro atoms. The number of anilines is 2. The first-order chi connectivity index (χ1) is 18.4. The van der Waals surface area contributed by atoms with E-state index in [1.54, 1.807) is 36.1 Å². The largest absolute Gasteiger partial charge is 0.486 e. The molecule has 6 rings (SSSR count). The number of para-hydroxylation sites is 1. The summed E-state index contributed by atoms with van der Waals surface area (Å²) in [5, 5.41) is 8.38. The standard InChI is InChI=1S/C27H26FN7O3/c1-33(2)16-8-9-22-23(12-16)37-15-17(38-22)10-11-29-27-30-13-18-24-19(14-31-34(24)3)26(36)35(25(18)32-27)21-7-5-4-6-20(21)28/h4-9,12-14,17H,10-11,15H2,1-3H3,(H,29,30,32)/t17-/m0/s1. The van der Waals surface area contributed by atoms with E-state index in [-0.39, 0.29) is 17.4 Å². The highest BCUT2D eigenvalue weighted by molar-refractivity contribution is 6.02. The molecule has 2 aromatic carbocycles. The number of hydrogen-bond donors (Lipinski definition) is 1. The number of nitrogens with one attached hydrogen (secondary N) is 1. The monoisotopic (exact) mass is 515 g/mol. The van der Waals surface area contributed by atoms with Crippen LogP contribution < -0.4 is 25.2 Å². The molecule has 1 atom stereocenters. The van der Waals surface area contributed by atoms with Crippen LogP contribution in [0.2, 0.25) is 0 Å². The molecule has 1 N–H and O–H groups in total. The molecule has 1 aliphatic heterocycles. The van der Waals surface area contributed by atoms with Gasteiger partial charge in [0.2, 0.25) is 5.95 Å². The number of halogens is 1. The highest BCUT2D eigenvalue weighted by atomic mass is 19.1. The average molecular weight is 516 g/mol. The van der Waals surface area contributed by atoms with Crippen molar-refractivity contribution in [2.24, 2.45) is 7.05 Å². The zero-order chi connectivity index (χ0) is 26.4. The van der Waals surface area contributed by atoms with Gasteiger partial charge in [-0.1, -0.05) is 12.1 Å². The van der Waals surface area contributed by atoms with Gasteiger partial charge in [0.1, 0.15) is 18.5 Å². The van der Waals surface area contributed by atoms with Gasteiger partial charge in [0.15, 0.2) is 17.1 Å². The fraction of sp³-hybridized carbons (Fsp3) is 0.259. The van der Waals surface area contributed by atoms with Gasteiger partial charge in [-0.05, 0) is 24.3 Å². The molecular weight excluding hydrogens is 489 g/mol. The van der Waals surface area contributed by atoms with Crippen LogP contribution in [0.1, 0.15) is 6.42 Å². The van der Waals surface area contributed by atoms with Crippen LogP contribution in [0.4, 0.5) is 16.0 Å². The molecule has 0 unspecified atom stereocenters. The predicted molar refractivity (Wildman–Crippen MR) is 143 cm³/mol. The normalized spacial score (nSPS) is 14.7. The number of pyridine rings is 1. The maximum absolute atomic E-state index is 14.8. The van der Waals surface area contributed by atoms with Gasteiger partial charge in [0.05, 0.1) is 28.2 Å². The maximum atomic E-state index is 14.8. The summed E-state index contributed by atoms with van der Waals surface area (Å²) in [5.74, 6) is 1.23. The summed E-state index contributed by atoms with van der Waals surface area (Å²) in [6, 6.07) is 12.0. The lowest BCUT2D eigenvalue weighted by atomic mass is 10.2. The van der Waals surface area contributed by atoms with Gasteiger partial charge in [-0.2, -0.15) is 10.1 Å². The Bertz CT molecular complexity index is 1730. The average Bonchev–Trinajstić information content (AvgIpc) is 3.31. The molecule has 0 aliphatic carbocycles. The van der Waals surface area contributed by atoms with Crippen molar-refractivity contribution in [2.45, 2.75) is 12.5 Å². The van der Waals surface area contributed by atoms with E-state index in [9.17, 15) is 9.18 Å². The van der Waals surface area contributed by atoms with Crippen molar-refractivity contribution in [1.82, 2.24) is 24.3 Å². The molecule has 3 aromatic heterocycles. The number of hydrogen-bond acceptors (Lipinski definition) is 8. The van der Waals surface area contributed by atoms with E-state index in [0.29, 0.717) is 47.6 Å². The minimum Gasteiger partial charge on any atom is -0.486 e. The summed E-state index contributed by atoms with van der Waals surface area (Å²) in [4.78, 5) is 24.5. The molecule has 0 radical (unpaired) electrons. The van der Waals surface area contributed by atoms with Crippen molar-refractivity contribution in [2.75, 3.05) is 37.5 Å². The molecule has 38 heavy (non-hydrogen) atoms. The van der Waals surface area contributed by atoms with E-state index in [1.165, 1.54) is 16.8 Å². The van der Waals surface area contributed by atoms with Crippen LogP contribution in [0, 0.1) is 5.82 Å². The van der Waals surface area contributed by atoms with E-state index in [4.69, 9.17) is 9.47 Å². The smallest absolute Gasteiger partial charge is 0.267 e. The molecule has 0 saturated carbocycles. The molecule has 4 heterocycles. The van der Waals surface area contributed by atoms with Crippen molar-refractivity contribution in [3.63, 3.8) is 0 Å². The van der Waals surface area contributed by atoms with Crippen LogP contribution in [-0.4, -0.2) is 57.7 Å². The molecule has 10 nitrogen and oxygen atoms in total. The predicted octanol–water partition coefficient (Wildman–Crippen LogP) is 3.51. The fourth-order valence-electron chi connectivity index (χ4n) is 4.65. The van der Waals surface area contributed by atoms with Crippen LogP contribution >= 0.6 is 0 Å². The van der Waals surface area contributed by atoms with Crippen LogP contribution in [0.3, 0.4) is 0 Å². The van der Waals surface area contributed by atoms with Crippen molar-refractivity contribution in [3.05, 3.63) is 71.0 Å². The SMILES string of the molecule is CN(C)c1ccc2c(c1)OC[C@H](CCNc1ncc3c4c(cnn4C)c(=O)n(-c4ccccc4F)c3n1)O2. The van der Waals surface area contributed by atoms with Gasteiger partial charge in [0.25, 0.3) is 5.56 Å². The first kappa shape index (κ1) is 23.7. The number of rotatable bonds is 6. The topological polar surface area (TPSA) is 99.3 Å². The number of aryl methyl sites for hydroxylation is 1. The second kappa shape index (κ2) is 9.33. The van der Waals surface area contributed by atoms with E-state index >= 15 is 0 Å². The zero-order valence-electron chi connectivity index (χ0n) is 21.2. The Morgan fingerprint density at radius 1 is 1.13 bits per heavy atom. The quantitative estimate of drug-likeness (QED) is 0.367. The van der Waals surface area contributed by atoms with Gasteiger partial charge < -0.3 is 19.7 Å². The lowest BCUT2D eigenvalue weighted by Crippen LogP contribution is -2.31. The van der Waals surface area contributed by atoms with Crippen LogP contribution in [0.15, 0.2) is 59.7 Å². The Balaban J connectivity index is 1.27. The Hall–Kier alpha value is -4.67. The lowest BCUT2D eigenvalue weighted by Gasteiger charge is -2.27. The zero-order valence-corrected chi connectivity index (χ0v) is 21.2. The van der Waals surface area contributed by atoms with Crippen molar-refractivity contribution < 1.29 is 13.9 Å². The van der Waals surface area contributed by atoms with Gasteiger partial charge in [-0.3, -0.25) is 14.0 Å². The minimum atomic E-state index is -0.528. The molecule has 0 saturated heterocycles. The van der Waals surface area contributed by atoms with Gasteiger partial charge in [-0.25, -0.2) is 9.37 Å². The summed E-state index contributed by atoms with van der Waals surface area (Å²) in [6.07, 6.45) is 3.60. The maximum Gasteiger partial charge on any atom is 0.267 e. The summed E-state index contributed by atoms with van der Waals surface area (Å²) in [7, 11) is 5.69. The highest BCUT2D eigenvalue weighted by Gasteiger charge is 2.22. The summed E-state index contributed by atoms with van der Waals surface area (Å²) in [5.41, 5.74) is 1.63. The highest BCUT2D eigenvalue weighted by Crippen LogP contribution is 2.35. The molecule has 0 bridgehead atoms. The number of nitrogens with zero attached hydrogens (tertiary/aromatic N) is 6. The Kier molecular flexibility index (Phi) is 5.82. The Labute approximate surface area is 217 Å². The third-order valence-electron chi connectivity index (χ3n) is 6.61. The molecule has 0 fully saturated rings. The van der Waals surface area contributed by atoms with Gasteiger partial charge >= 0.3 is 0 Å². The van der Waals surface area contributed by atoms with Crippen LogP contribution in [0.5, 0.6) is 11.5 Å². The molecule has 5 aromatic rings. The molecule has 194 valence electrons. The second-order valence-corrected chi connectivity index (χ2v) is 9.35. The summed E-state index contributed by atoms with van der Waals surface area (Å²) >= 11 is 0. The molecular formula is C27H26FN7O3.